The summed E-state index contributed by atoms with van der Waals surface area (Å²) in [7, 11) is 0. The number of nitrogens with zero attached hydrogens (tertiary/aromatic N) is 2. The van der Waals surface area contributed by atoms with Crippen molar-refractivity contribution in [2.24, 2.45) is 5.41 Å². The number of aromatic nitrogens is 2. The highest BCUT2D eigenvalue weighted by Gasteiger charge is 2.10. The molecule has 0 fully saturated rings. The largest absolute Gasteiger partial charge is 0.481 e. The quantitative estimate of drug-likeness (QED) is 0.826. The van der Waals surface area contributed by atoms with Gasteiger partial charge in [0, 0.05) is 12.7 Å². The average molecular weight is 210 g/mol. The summed E-state index contributed by atoms with van der Waals surface area (Å²) in [4.78, 5) is 14.5. The minimum absolute atomic E-state index is 0.00250. The van der Waals surface area contributed by atoms with Crippen LogP contribution in [0.2, 0.25) is 0 Å². The third-order valence-corrected chi connectivity index (χ3v) is 2.14. The van der Waals surface area contributed by atoms with Gasteiger partial charge in [0.2, 0.25) is 0 Å². The van der Waals surface area contributed by atoms with E-state index in [1.165, 1.54) is 0 Å². The van der Waals surface area contributed by atoms with Crippen LogP contribution in [0.1, 0.15) is 32.9 Å². The molecule has 1 aromatic rings. The summed E-state index contributed by atoms with van der Waals surface area (Å²) in [6, 6.07) is 0. The normalized spacial score (nSPS) is 11.7. The molecule has 0 unspecified atom stereocenters. The van der Waals surface area contributed by atoms with Crippen molar-refractivity contribution in [3.8, 4) is 0 Å². The molecule has 0 saturated carbocycles. The molecular formula is C11H18N2O2. The Labute approximate surface area is 89.9 Å². The molecule has 0 aliphatic rings. The highest BCUT2D eigenvalue weighted by atomic mass is 16.4. The Morgan fingerprint density at radius 1 is 1.53 bits per heavy atom. The summed E-state index contributed by atoms with van der Waals surface area (Å²) in [5.74, 6) is -0.837. The second-order valence-corrected chi connectivity index (χ2v) is 4.98. The van der Waals surface area contributed by atoms with Crippen LogP contribution in [-0.2, 0) is 17.8 Å². The molecule has 0 aromatic carbocycles. The summed E-state index contributed by atoms with van der Waals surface area (Å²) < 4.78 is 1.95. The molecule has 0 bridgehead atoms. The van der Waals surface area contributed by atoms with Crippen LogP contribution in [0.25, 0.3) is 0 Å². The Morgan fingerprint density at radius 2 is 2.20 bits per heavy atom. The molecule has 4 heteroatoms. The standard InChI is InChI=1S/C11H18N2O2/c1-11(2,3)4-5-13-7-9(12-8-13)6-10(14)15/h7-8H,4-6H2,1-3H3,(H,14,15). The summed E-state index contributed by atoms with van der Waals surface area (Å²) in [6.45, 7) is 7.43. The Balaban J connectivity index is 2.50. The number of hydrogen-bond acceptors (Lipinski definition) is 2. The molecule has 84 valence electrons. The van der Waals surface area contributed by atoms with Gasteiger partial charge in [-0.25, -0.2) is 4.98 Å². The fraction of sp³-hybridized carbons (Fsp3) is 0.636. The van der Waals surface area contributed by atoms with Gasteiger partial charge in [0.15, 0.2) is 0 Å². The lowest BCUT2D eigenvalue weighted by molar-refractivity contribution is -0.136. The van der Waals surface area contributed by atoms with E-state index < -0.39 is 5.97 Å². The Bertz CT molecular complexity index is 337. The highest BCUT2D eigenvalue weighted by molar-refractivity contribution is 5.69. The van der Waals surface area contributed by atoms with Gasteiger partial charge in [-0.3, -0.25) is 4.79 Å². The molecule has 0 aliphatic heterocycles. The van der Waals surface area contributed by atoms with Crippen molar-refractivity contribution in [1.29, 1.82) is 0 Å². The zero-order chi connectivity index (χ0) is 11.5. The fourth-order valence-electron chi connectivity index (χ4n) is 1.24. The van der Waals surface area contributed by atoms with Gasteiger partial charge in [-0.15, -0.1) is 0 Å². The Hall–Kier alpha value is -1.32. The number of carboxylic acid groups (broad SMARTS) is 1. The summed E-state index contributed by atoms with van der Waals surface area (Å²) in [5, 5.41) is 8.59. The monoisotopic (exact) mass is 210 g/mol. The van der Waals surface area contributed by atoms with E-state index in [-0.39, 0.29) is 11.8 Å². The first-order chi connectivity index (χ1) is 6.87. The van der Waals surface area contributed by atoms with Crippen LogP contribution in [0.15, 0.2) is 12.5 Å². The third-order valence-electron chi connectivity index (χ3n) is 2.14. The molecule has 4 nitrogen and oxygen atoms in total. The van der Waals surface area contributed by atoms with Gasteiger partial charge in [0.1, 0.15) is 0 Å². The van der Waals surface area contributed by atoms with E-state index in [1.54, 1.807) is 12.5 Å². The number of aryl methyl sites for hydroxylation is 1. The van der Waals surface area contributed by atoms with Crippen LogP contribution in [0.5, 0.6) is 0 Å². The molecule has 0 spiro atoms. The van der Waals surface area contributed by atoms with E-state index in [1.807, 2.05) is 4.57 Å². The van der Waals surface area contributed by atoms with Crippen LogP contribution >= 0.6 is 0 Å². The fourth-order valence-corrected chi connectivity index (χ4v) is 1.24. The van der Waals surface area contributed by atoms with Crippen molar-refractivity contribution in [2.45, 2.75) is 40.2 Å². The first-order valence-corrected chi connectivity index (χ1v) is 5.09. The van der Waals surface area contributed by atoms with E-state index in [4.69, 9.17) is 5.11 Å². The third kappa shape index (κ3) is 4.63. The lowest BCUT2D eigenvalue weighted by Gasteiger charge is -2.17. The van der Waals surface area contributed by atoms with E-state index in [0.29, 0.717) is 5.69 Å². The molecule has 1 rings (SSSR count). The molecule has 1 aromatic heterocycles. The molecule has 15 heavy (non-hydrogen) atoms. The van der Waals surface area contributed by atoms with Crippen LogP contribution in [0.3, 0.4) is 0 Å². The highest BCUT2D eigenvalue weighted by Crippen LogP contribution is 2.19. The molecule has 0 saturated heterocycles. The molecular weight excluding hydrogens is 192 g/mol. The minimum Gasteiger partial charge on any atom is -0.481 e. The molecule has 0 amide bonds. The Morgan fingerprint density at radius 3 is 2.73 bits per heavy atom. The molecule has 0 atom stereocenters. The van der Waals surface area contributed by atoms with Gasteiger partial charge >= 0.3 is 5.97 Å². The van der Waals surface area contributed by atoms with Gasteiger partial charge in [0.25, 0.3) is 0 Å². The van der Waals surface area contributed by atoms with Crippen LogP contribution in [0, 0.1) is 5.41 Å². The lowest BCUT2D eigenvalue weighted by Crippen LogP contribution is -2.09. The van der Waals surface area contributed by atoms with Crippen LogP contribution in [-0.4, -0.2) is 20.6 Å². The van der Waals surface area contributed by atoms with Crippen molar-refractivity contribution in [3.63, 3.8) is 0 Å². The molecule has 0 radical (unpaired) electrons. The topological polar surface area (TPSA) is 55.1 Å². The van der Waals surface area contributed by atoms with Crippen LogP contribution < -0.4 is 0 Å². The van der Waals surface area contributed by atoms with E-state index in [2.05, 4.69) is 25.8 Å². The van der Waals surface area contributed by atoms with Gasteiger partial charge in [0.05, 0.1) is 18.4 Å². The van der Waals surface area contributed by atoms with Crippen molar-refractivity contribution < 1.29 is 9.90 Å². The lowest BCUT2D eigenvalue weighted by atomic mass is 9.92. The molecule has 1 N–H and O–H groups in total. The summed E-state index contributed by atoms with van der Waals surface area (Å²) in [5.41, 5.74) is 0.911. The SMILES string of the molecule is CC(C)(C)CCn1cnc(CC(=O)O)c1. The molecule has 1 heterocycles. The van der Waals surface area contributed by atoms with Crippen LogP contribution in [0.4, 0.5) is 0 Å². The number of aliphatic carboxylic acids is 1. The van der Waals surface area contributed by atoms with Gasteiger partial charge in [-0.05, 0) is 11.8 Å². The van der Waals surface area contributed by atoms with Gasteiger partial charge in [-0.1, -0.05) is 20.8 Å². The number of carboxylic acids is 1. The summed E-state index contributed by atoms with van der Waals surface area (Å²) >= 11 is 0. The zero-order valence-corrected chi connectivity index (χ0v) is 9.53. The van der Waals surface area contributed by atoms with Gasteiger partial charge in [-0.2, -0.15) is 0 Å². The second-order valence-electron chi connectivity index (χ2n) is 4.98. The van der Waals surface area contributed by atoms with Crippen molar-refractivity contribution >= 4 is 5.97 Å². The molecule has 0 aliphatic carbocycles. The van der Waals surface area contributed by atoms with Crippen molar-refractivity contribution in [3.05, 3.63) is 18.2 Å². The first kappa shape index (κ1) is 11.8. The number of carbonyl (C=O) groups is 1. The number of rotatable bonds is 4. The average Bonchev–Trinajstić information content (AvgIpc) is 2.46. The van der Waals surface area contributed by atoms with E-state index >= 15 is 0 Å². The van der Waals surface area contributed by atoms with E-state index in [0.717, 1.165) is 13.0 Å². The number of imidazole rings is 1. The van der Waals surface area contributed by atoms with Gasteiger partial charge < -0.3 is 9.67 Å². The predicted molar refractivity (Wildman–Crippen MR) is 57.6 cm³/mol. The minimum atomic E-state index is -0.837. The second kappa shape index (κ2) is 4.47. The number of hydrogen-bond donors (Lipinski definition) is 1. The van der Waals surface area contributed by atoms with Crippen molar-refractivity contribution in [2.75, 3.05) is 0 Å². The smallest absolute Gasteiger partial charge is 0.309 e. The Kier molecular flexibility index (Phi) is 3.50. The summed E-state index contributed by atoms with van der Waals surface area (Å²) in [6.07, 6.45) is 4.56. The first-order valence-electron chi connectivity index (χ1n) is 5.09. The predicted octanol–water partition coefficient (Wildman–Crippen LogP) is 1.95. The maximum Gasteiger partial charge on any atom is 0.309 e. The van der Waals surface area contributed by atoms with E-state index in [9.17, 15) is 4.79 Å². The maximum atomic E-state index is 10.4. The van der Waals surface area contributed by atoms with Crippen molar-refractivity contribution in [1.82, 2.24) is 9.55 Å². The maximum absolute atomic E-state index is 10.4. The zero-order valence-electron chi connectivity index (χ0n) is 9.53.